The summed E-state index contributed by atoms with van der Waals surface area (Å²) in [5.74, 6) is -4.78. The van der Waals surface area contributed by atoms with Crippen LogP contribution in [-0.4, -0.2) is 172 Å². The predicted molar refractivity (Wildman–Crippen MR) is 195 cm³/mol. The fourth-order valence-electron chi connectivity index (χ4n) is 7.49. The molecule has 0 aromatic carbocycles. The van der Waals surface area contributed by atoms with E-state index < -0.39 is 159 Å². The number of hydrogen-bond acceptors (Lipinski definition) is 24. The SMILES string of the molecule is CC(=O)OCC1OC(OC2C(OC(C)=O)C(N)CC(N)C2OC2OC(CN)C(OC(C)=O)C(F)C2N)C(OC(C)=O)C1OC1OC(CN)C(OC(C)=O)C(OC(C)=O)C1N. The van der Waals surface area contributed by atoms with Crippen LogP contribution in [0.2, 0.25) is 0 Å². The van der Waals surface area contributed by atoms with Crippen LogP contribution in [0.1, 0.15) is 48.0 Å². The van der Waals surface area contributed by atoms with E-state index in [-0.39, 0.29) is 19.5 Å². The maximum atomic E-state index is 15.7. The zero-order valence-electron chi connectivity index (χ0n) is 34.0. The molecule has 342 valence electrons. The van der Waals surface area contributed by atoms with Crippen LogP contribution in [0.15, 0.2) is 0 Å². The van der Waals surface area contributed by atoms with Crippen molar-refractivity contribution in [1.29, 1.82) is 0 Å². The Morgan fingerprint density at radius 3 is 1.43 bits per heavy atom. The molecule has 0 radical (unpaired) electrons. The zero-order chi connectivity index (χ0) is 44.7. The van der Waals surface area contributed by atoms with Gasteiger partial charge in [-0.25, -0.2) is 4.39 Å². The Bertz CT molecular complexity index is 1530. The first-order valence-electron chi connectivity index (χ1n) is 19.2. The predicted octanol–water partition coefficient (Wildman–Crippen LogP) is -4.49. The lowest BCUT2D eigenvalue weighted by atomic mass is 9.84. The van der Waals surface area contributed by atoms with Crippen LogP contribution in [-0.2, 0) is 85.6 Å². The number of esters is 6. The van der Waals surface area contributed by atoms with Gasteiger partial charge in [-0.1, -0.05) is 0 Å². The number of halogens is 1. The van der Waals surface area contributed by atoms with E-state index in [4.69, 9.17) is 91.2 Å². The quantitative estimate of drug-likeness (QED) is 0.0667. The van der Waals surface area contributed by atoms with Gasteiger partial charge in [-0.05, 0) is 6.42 Å². The van der Waals surface area contributed by atoms with Gasteiger partial charge in [0.05, 0.1) is 12.1 Å². The Labute approximate surface area is 344 Å². The second-order valence-corrected chi connectivity index (χ2v) is 14.7. The van der Waals surface area contributed by atoms with E-state index in [0.29, 0.717) is 0 Å². The smallest absolute Gasteiger partial charge is 0.303 e. The number of nitrogens with two attached hydrogens (primary N) is 6. The highest BCUT2D eigenvalue weighted by atomic mass is 19.1. The average molecular weight is 869 g/mol. The fourth-order valence-corrected chi connectivity index (χ4v) is 7.49. The lowest BCUT2D eigenvalue weighted by Crippen LogP contribution is -2.68. The minimum absolute atomic E-state index is 0.0450. The van der Waals surface area contributed by atoms with Crippen molar-refractivity contribution in [3.63, 3.8) is 0 Å². The van der Waals surface area contributed by atoms with E-state index in [9.17, 15) is 28.8 Å². The second-order valence-electron chi connectivity index (χ2n) is 14.7. The normalized spacial score (nSPS) is 40.5. The molecule has 0 spiro atoms. The van der Waals surface area contributed by atoms with Gasteiger partial charge in [-0.15, -0.1) is 0 Å². The maximum absolute atomic E-state index is 15.7. The van der Waals surface area contributed by atoms with Crippen LogP contribution in [0, 0.1) is 0 Å². The summed E-state index contributed by atoms with van der Waals surface area (Å²) in [6.45, 7) is 5.44. The third kappa shape index (κ3) is 12.0. The fraction of sp³-hybridized carbons (Fsp3) is 0.829. The maximum Gasteiger partial charge on any atom is 0.303 e. The summed E-state index contributed by atoms with van der Waals surface area (Å²) >= 11 is 0. The molecule has 0 aromatic heterocycles. The van der Waals surface area contributed by atoms with Crippen molar-refractivity contribution in [2.45, 2.75) is 164 Å². The van der Waals surface area contributed by atoms with Gasteiger partial charge in [-0.3, -0.25) is 28.8 Å². The standard InChI is InChI=1S/C35H57FN6O18/c1-11(43)49-10-21-29(59-34-24(42)30(53-15(5)47)28(52-14(4)46)20(9-38)56-34)32(54-16(6)48)35(57-21)60-31-25(50-12(2)44)17(39)7-18(40)26(31)58-33-23(41)22(36)27(51-13(3)45)19(8-37)55-33/h17-35H,7-10,37-42H2,1-6H3. The van der Waals surface area contributed by atoms with Crippen molar-refractivity contribution in [3.8, 4) is 0 Å². The van der Waals surface area contributed by atoms with E-state index in [1.807, 2.05) is 0 Å². The highest BCUT2D eigenvalue weighted by molar-refractivity contribution is 5.68. The van der Waals surface area contributed by atoms with Crippen LogP contribution in [0.25, 0.3) is 0 Å². The summed E-state index contributed by atoms with van der Waals surface area (Å²) < 4.78 is 85.2. The molecular weight excluding hydrogens is 811 g/mol. The molecule has 1 saturated carbocycles. The van der Waals surface area contributed by atoms with Crippen molar-refractivity contribution in [1.82, 2.24) is 0 Å². The van der Waals surface area contributed by atoms with Gasteiger partial charge < -0.3 is 91.2 Å². The Kier molecular flexibility index (Phi) is 17.4. The third-order valence-electron chi connectivity index (χ3n) is 9.97. The Balaban J connectivity index is 1.73. The zero-order valence-corrected chi connectivity index (χ0v) is 34.0. The van der Waals surface area contributed by atoms with Crippen molar-refractivity contribution in [2.75, 3.05) is 19.7 Å². The first kappa shape index (κ1) is 48.9. The summed E-state index contributed by atoms with van der Waals surface area (Å²) in [5, 5.41) is 0. The summed E-state index contributed by atoms with van der Waals surface area (Å²) in [5.41, 5.74) is 37.5. The topological polar surface area (TPSA) is 369 Å². The largest absolute Gasteiger partial charge is 0.463 e. The molecule has 4 aliphatic rings. The Morgan fingerprint density at radius 2 is 0.900 bits per heavy atom. The van der Waals surface area contributed by atoms with E-state index >= 15 is 4.39 Å². The van der Waals surface area contributed by atoms with E-state index in [1.165, 1.54) is 0 Å². The molecule has 60 heavy (non-hydrogen) atoms. The first-order valence-corrected chi connectivity index (χ1v) is 19.2. The van der Waals surface area contributed by atoms with Crippen LogP contribution in [0.3, 0.4) is 0 Å². The van der Waals surface area contributed by atoms with Crippen LogP contribution < -0.4 is 34.4 Å². The summed E-state index contributed by atoms with van der Waals surface area (Å²) in [4.78, 5) is 73.0. The molecular formula is C35H57FN6O18. The summed E-state index contributed by atoms with van der Waals surface area (Å²) in [6, 6.07) is -5.01. The number of carbonyl (C=O) groups is 6. The van der Waals surface area contributed by atoms with Crippen LogP contribution >= 0.6 is 0 Å². The van der Waals surface area contributed by atoms with Crippen molar-refractivity contribution in [3.05, 3.63) is 0 Å². The molecule has 25 heteroatoms. The molecule has 3 saturated heterocycles. The van der Waals surface area contributed by atoms with E-state index in [2.05, 4.69) is 0 Å². The van der Waals surface area contributed by atoms with Gasteiger partial charge in [-0.2, -0.15) is 0 Å². The second kappa shape index (κ2) is 21.4. The Morgan fingerprint density at radius 1 is 0.483 bits per heavy atom. The monoisotopic (exact) mass is 868 g/mol. The minimum atomic E-state index is -2.03. The van der Waals surface area contributed by atoms with Gasteiger partial charge in [0.25, 0.3) is 0 Å². The van der Waals surface area contributed by atoms with Crippen molar-refractivity contribution >= 4 is 35.8 Å². The lowest BCUT2D eigenvalue weighted by Gasteiger charge is -2.48. The average Bonchev–Trinajstić information content (AvgIpc) is 3.45. The molecule has 0 bridgehead atoms. The van der Waals surface area contributed by atoms with Gasteiger partial charge in [0, 0.05) is 66.7 Å². The van der Waals surface area contributed by atoms with Crippen molar-refractivity contribution < 1.29 is 90.0 Å². The molecule has 4 rings (SSSR count). The number of alkyl halides is 1. The molecule has 19 atom stereocenters. The highest BCUT2D eigenvalue weighted by Gasteiger charge is 2.58. The first-order chi connectivity index (χ1) is 28.2. The van der Waals surface area contributed by atoms with Gasteiger partial charge in [0.2, 0.25) is 0 Å². The van der Waals surface area contributed by atoms with E-state index in [0.717, 1.165) is 41.5 Å². The number of ether oxygens (including phenoxy) is 12. The molecule has 0 aromatic rings. The highest BCUT2D eigenvalue weighted by Crippen LogP contribution is 2.37. The van der Waals surface area contributed by atoms with Crippen LogP contribution in [0.4, 0.5) is 4.39 Å². The Hall–Kier alpha value is -3.73. The van der Waals surface area contributed by atoms with Gasteiger partial charge in [0.15, 0.2) is 49.5 Å². The molecule has 3 heterocycles. The van der Waals surface area contributed by atoms with Crippen molar-refractivity contribution in [2.24, 2.45) is 34.4 Å². The molecule has 0 amide bonds. The number of hydrogen-bond donors (Lipinski definition) is 6. The van der Waals surface area contributed by atoms with E-state index in [1.54, 1.807) is 0 Å². The van der Waals surface area contributed by atoms with Crippen LogP contribution in [0.5, 0.6) is 0 Å². The van der Waals surface area contributed by atoms with Gasteiger partial charge in [0.1, 0.15) is 49.3 Å². The lowest BCUT2D eigenvalue weighted by molar-refractivity contribution is -0.304. The molecule has 24 nitrogen and oxygen atoms in total. The molecule has 1 aliphatic carbocycles. The number of rotatable bonds is 15. The molecule has 4 fully saturated rings. The third-order valence-corrected chi connectivity index (χ3v) is 9.97. The number of carbonyl (C=O) groups excluding carboxylic acids is 6. The van der Waals surface area contributed by atoms with Gasteiger partial charge >= 0.3 is 35.8 Å². The molecule has 3 aliphatic heterocycles. The molecule has 19 unspecified atom stereocenters. The minimum Gasteiger partial charge on any atom is -0.463 e. The molecule has 12 N–H and O–H groups in total. The summed E-state index contributed by atoms with van der Waals surface area (Å²) in [6.07, 6.45) is -22.1. The summed E-state index contributed by atoms with van der Waals surface area (Å²) in [7, 11) is 0.